The largest absolute Gasteiger partial charge is 0.390 e. The third-order valence-electron chi connectivity index (χ3n) is 3.18. The molecule has 21 heavy (non-hydrogen) atoms. The van der Waals surface area contributed by atoms with Gasteiger partial charge in [-0.15, -0.1) is 0 Å². The molecular weight excluding hydrogens is 310 g/mol. The molecule has 4 nitrogen and oxygen atoms in total. The summed E-state index contributed by atoms with van der Waals surface area (Å²) in [6, 6.07) is 7.33. The fourth-order valence-electron chi connectivity index (χ4n) is 2.10. The van der Waals surface area contributed by atoms with E-state index in [0.29, 0.717) is 22.9 Å². The van der Waals surface area contributed by atoms with Crippen LogP contribution in [0.2, 0.25) is 5.15 Å². The highest BCUT2D eigenvalue weighted by Crippen LogP contribution is 2.30. The van der Waals surface area contributed by atoms with E-state index in [2.05, 4.69) is 4.98 Å². The van der Waals surface area contributed by atoms with E-state index in [1.165, 1.54) is 13.1 Å². The van der Waals surface area contributed by atoms with Crippen molar-refractivity contribution in [1.29, 1.82) is 0 Å². The number of carbonyl (C=O) groups excluding carboxylic acids is 1. The van der Waals surface area contributed by atoms with Gasteiger partial charge in [-0.05, 0) is 11.8 Å². The topological polar surface area (TPSA) is 70.4 Å². The summed E-state index contributed by atoms with van der Waals surface area (Å²) < 4.78 is 0. The molecule has 112 valence electrons. The molecule has 0 aliphatic rings. The molecule has 0 aliphatic heterocycles. The van der Waals surface area contributed by atoms with Crippen LogP contribution in [0.4, 0.5) is 0 Å². The number of aromatic nitrogens is 1. The van der Waals surface area contributed by atoms with E-state index in [9.17, 15) is 15.0 Å². The van der Waals surface area contributed by atoms with Gasteiger partial charge in [0.15, 0.2) is 5.12 Å². The van der Waals surface area contributed by atoms with Gasteiger partial charge in [-0.3, -0.25) is 4.79 Å². The summed E-state index contributed by atoms with van der Waals surface area (Å²) in [6.45, 7) is 1.48. The van der Waals surface area contributed by atoms with Gasteiger partial charge in [-0.1, -0.05) is 47.6 Å². The fraction of sp³-hybridized carbons (Fsp3) is 0.333. The lowest BCUT2D eigenvalue weighted by atomic mass is 9.99. The Hall–Kier alpha value is -1.14. The van der Waals surface area contributed by atoms with Crippen LogP contribution in [-0.2, 0) is 4.79 Å². The standard InChI is InChI=1S/C15H16ClNO3S/c1-9(18)21-7-6-13(19)14(20)12-8-17-15(16)11-5-3-2-4-10(11)12/h2-5,8,13-14,19-20H,6-7H2,1H3. The molecule has 0 fully saturated rings. The maximum atomic E-state index is 10.9. The number of hydrogen-bond acceptors (Lipinski definition) is 5. The van der Waals surface area contributed by atoms with Crippen molar-refractivity contribution in [1.82, 2.24) is 4.98 Å². The van der Waals surface area contributed by atoms with Gasteiger partial charge in [0.05, 0.1) is 6.10 Å². The molecule has 0 amide bonds. The van der Waals surface area contributed by atoms with Crippen molar-refractivity contribution in [2.75, 3.05) is 5.75 Å². The number of pyridine rings is 1. The Kier molecular flexibility index (Phi) is 5.58. The van der Waals surface area contributed by atoms with Crippen molar-refractivity contribution >= 4 is 39.3 Å². The molecule has 2 N–H and O–H groups in total. The van der Waals surface area contributed by atoms with Gasteiger partial charge in [0.1, 0.15) is 11.3 Å². The lowest BCUT2D eigenvalue weighted by Crippen LogP contribution is -2.19. The van der Waals surface area contributed by atoms with Gasteiger partial charge in [-0.2, -0.15) is 0 Å². The first-order chi connectivity index (χ1) is 10.0. The van der Waals surface area contributed by atoms with Gasteiger partial charge in [0.25, 0.3) is 0 Å². The molecule has 2 atom stereocenters. The summed E-state index contributed by atoms with van der Waals surface area (Å²) in [5.41, 5.74) is 0.537. The zero-order chi connectivity index (χ0) is 15.4. The average molecular weight is 326 g/mol. The third kappa shape index (κ3) is 3.95. The number of benzene rings is 1. The highest BCUT2D eigenvalue weighted by atomic mass is 35.5. The van der Waals surface area contributed by atoms with Crippen molar-refractivity contribution in [2.45, 2.75) is 25.6 Å². The van der Waals surface area contributed by atoms with Crippen molar-refractivity contribution in [3.63, 3.8) is 0 Å². The predicted octanol–water partition coefficient (Wildman–Crippen LogP) is 2.95. The van der Waals surface area contributed by atoms with Crippen molar-refractivity contribution in [3.05, 3.63) is 41.2 Å². The van der Waals surface area contributed by atoms with Crippen molar-refractivity contribution < 1.29 is 15.0 Å². The van der Waals surface area contributed by atoms with Crippen LogP contribution in [0.3, 0.4) is 0 Å². The highest BCUT2D eigenvalue weighted by Gasteiger charge is 2.21. The second-order valence-electron chi connectivity index (χ2n) is 4.69. The van der Waals surface area contributed by atoms with E-state index >= 15 is 0 Å². The van der Waals surface area contributed by atoms with Crippen LogP contribution in [0.15, 0.2) is 30.5 Å². The first kappa shape index (κ1) is 16.2. The molecule has 1 aromatic carbocycles. The molecule has 0 radical (unpaired) electrons. The molecule has 0 spiro atoms. The summed E-state index contributed by atoms with van der Waals surface area (Å²) in [6.07, 6.45) is -0.213. The molecule has 0 saturated heterocycles. The van der Waals surface area contributed by atoms with Gasteiger partial charge < -0.3 is 10.2 Å². The number of carbonyl (C=O) groups is 1. The van der Waals surface area contributed by atoms with Crippen molar-refractivity contribution in [3.8, 4) is 0 Å². The van der Waals surface area contributed by atoms with Crippen LogP contribution in [0.1, 0.15) is 25.0 Å². The molecule has 0 aliphatic carbocycles. The summed E-state index contributed by atoms with van der Waals surface area (Å²) in [4.78, 5) is 14.9. The van der Waals surface area contributed by atoms with E-state index in [4.69, 9.17) is 11.6 Å². The zero-order valence-electron chi connectivity index (χ0n) is 11.5. The Balaban J connectivity index is 2.21. The summed E-state index contributed by atoms with van der Waals surface area (Å²) >= 11 is 7.17. The van der Waals surface area contributed by atoms with Crippen LogP contribution < -0.4 is 0 Å². The molecule has 2 unspecified atom stereocenters. The van der Waals surface area contributed by atoms with E-state index < -0.39 is 12.2 Å². The van der Waals surface area contributed by atoms with Crippen LogP contribution in [0.5, 0.6) is 0 Å². The monoisotopic (exact) mass is 325 g/mol. The molecule has 0 bridgehead atoms. The van der Waals surface area contributed by atoms with E-state index in [-0.39, 0.29) is 5.12 Å². The Morgan fingerprint density at radius 2 is 2.00 bits per heavy atom. The number of thioether (sulfide) groups is 1. The molecule has 2 rings (SSSR count). The number of hydrogen-bond donors (Lipinski definition) is 2. The second kappa shape index (κ2) is 7.22. The van der Waals surface area contributed by atoms with Crippen LogP contribution >= 0.6 is 23.4 Å². The lowest BCUT2D eigenvalue weighted by Gasteiger charge is -2.19. The number of halogens is 1. The maximum absolute atomic E-state index is 10.9. The summed E-state index contributed by atoms with van der Waals surface area (Å²) in [5, 5.41) is 22.3. The Bertz CT molecular complexity index is 650. The highest BCUT2D eigenvalue weighted by molar-refractivity contribution is 8.13. The predicted molar refractivity (Wildman–Crippen MR) is 85.5 cm³/mol. The first-order valence-electron chi connectivity index (χ1n) is 6.53. The van der Waals surface area contributed by atoms with E-state index in [0.717, 1.165) is 22.5 Å². The minimum atomic E-state index is -1.06. The quantitative estimate of drug-likeness (QED) is 0.827. The third-order valence-corrected chi connectivity index (χ3v) is 4.33. The Morgan fingerprint density at radius 1 is 1.33 bits per heavy atom. The fourth-order valence-corrected chi connectivity index (χ4v) is 2.96. The lowest BCUT2D eigenvalue weighted by molar-refractivity contribution is -0.109. The van der Waals surface area contributed by atoms with Gasteiger partial charge in [-0.25, -0.2) is 4.98 Å². The number of aliphatic hydroxyl groups is 2. The number of nitrogens with zero attached hydrogens (tertiary/aromatic N) is 1. The smallest absolute Gasteiger partial charge is 0.185 e. The van der Waals surface area contributed by atoms with Gasteiger partial charge in [0.2, 0.25) is 0 Å². The van der Waals surface area contributed by atoms with Crippen molar-refractivity contribution in [2.24, 2.45) is 0 Å². The SMILES string of the molecule is CC(=O)SCCC(O)C(O)c1cnc(Cl)c2ccccc12. The van der Waals surface area contributed by atoms with Gasteiger partial charge >= 0.3 is 0 Å². The number of rotatable bonds is 5. The molecule has 1 aromatic heterocycles. The molecular formula is C15H16ClNO3S. The van der Waals surface area contributed by atoms with Gasteiger partial charge in [0, 0.05) is 29.8 Å². The maximum Gasteiger partial charge on any atom is 0.185 e. The molecule has 0 saturated carbocycles. The van der Waals surface area contributed by atoms with Crippen LogP contribution in [-0.4, -0.2) is 32.2 Å². The summed E-state index contributed by atoms with van der Waals surface area (Å²) in [5.74, 6) is 0.465. The van der Waals surface area contributed by atoms with E-state index in [1.807, 2.05) is 24.3 Å². The second-order valence-corrected chi connectivity index (χ2v) is 6.32. The summed E-state index contributed by atoms with van der Waals surface area (Å²) in [7, 11) is 0. The number of aliphatic hydroxyl groups excluding tert-OH is 2. The Morgan fingerprint density at radius 3 is 2.67 bits per heavy atom. The molecule has 2 aromatic rings. The average Bonchev–Trinajstić information content (AvgIpc) is 2.47. The minimum absolute atomic E-state index is 0.00435. The normalized spacial score (nSPS) is 14.1. The molecule has 6 heteroatoms. The molecule has 1 heterocycles. The van der Waals surface area contributed by atoms with E-state index in [1.54, 1.807) is 0 Å². The minimum Gasteiger partial charge on any atom is -0.390 e. The number of fused-ring (bicyclic) bond motifs is 1. The van der Waals surface area contributed by atoms with Crippen LogP contribution in [0, 0.1) is 0 Å². The first-order valence-corrected chi connectivity index (χ1v) is 7.89. The zero-order valence-corrected chi connectivity index (χ0v) is 13.1. The van der Waals surface area contributed by atoms with Crippen LogP contribution in [0.25, 0.3) is 10.8 Å². The Labute approximate surface area is 132 Å².